The Bertz CT molecular complexity index is 826. The van der Waals surface area contributed by atoms with E-state index in [1.165, 1.54) is 12.1 Å². The molecule has 0 aromatic heterocycles. The van der Waals surface area contributed by atoms with E-state index in [-0.39, 0.29) is 5.91 Å². The van der Waals surface area contributed by atoms with Gasteiger partial charge in [0.05, 0.1) is 5.41 Å². The van der Waals surface area contributed by atoms with Crippen molar-refractivity contribution in [2.75, 3.05) is 11.9 Å². The number of rotatable bonds is 6. The van der Waals surface area contributed by atoms with E-state index < -0.39 is 23.8 Å². The number of nitrogens with one attached hydrogen (secondary N) is 2. The highest BCUT2D eigenvalue weighted by Gasteiger charge is 2.31. The number of carbonyl (C=O) groups is 3. The molecule has 0 saturated carbocycles. The lowest BCUT2D eigenvalue weighted by Crippen LogP contribution is -2.35. The van der Waals surface area contributed by atoms with Crippen molar-refractivity contribution in [2.45, 2.75) is 26.2 Å². The quantitative estimate of drug-likeness (QED) is 0.743. The SMILES string of the molecule is Cc1ccccc1C(C)(C)C(=O)Nc1ccc(C(=O)NCC(=O)O)cc1. The fourth-order valence-corrected chi connectivity index (χ4v) is 2.65. The number of benzene rings is 2. The number of amides is 2. The third-order valence-corrected chi connectivity index (χ3v) is 4.19. The zero-order valence-corrected chi connectivity index (χ0v) is 15.0. The second-order valence-electron chi connectivity index (χ2n) is 6.55. The molecule has 6 nitrogen and oxygen atoms in total. The van der Waals surface area contributed by atoms with Crippen LogP contribution in [0.1, 0.15) is 35.3 Å². The van der Waals surface area contributed by atoms with Crippen LogP contribution in [0.4, 0.5) is 5.69 Å². The van der Waals surface area contributed by atoms with Gasteiger partial charge in [-0.1, -0.05) is 24.3 Å². The van der Waals surface area contributed by atoms with Crippen LogP contribution >= 0.6 is 0 Å². The van der Waals surface area contributed by atoms with Crippen LogP contribution in [-0.4, -0.2) is 29.4 Å². The molecule has 0 aliphatic carbocycles. The predicted molar refractivity (Wildman–Crippen MR) is 99.2 cm³/mol. The lowest BCUT2D eigenvalue weighted by molar-refractivity contribution is -0.135. The molecule has 0 unspecified atom stereocenters. The molecule has 0 atom stereocenters. The van der Waals surface area contributed by atoms with Crippen LogP contribution in [0.25, 0.3) is 0 Å². The van der Waals surface area contributed by atoms with Gasteiger partial charge >= 0.3 is 5.97 Å². The number of anilines is 1. The zero-order chi connectivity index (χ0) is 19.3. The number of aryl methyl sites for hydroxylation is 1. The summed E-state index contributed by atoms with van der Waals surface area (Å²) in [5, 5.41) is 13.7. The molecule has 136 valence electrons. The summed E-state index contributed by atoms with van der Waals surface area (Å²) in [6.07, 6.45) is 0. The van der Waals surface area contributed by atoms with Crippen molar-refractivity contribution in [1.29, 1.82) is 0 Å². The second-order valence-corrected chi connectivity index (χ2v) is 6.55. The maximum absolute atomic E-state index is 12.7. The molecule has 0 saturated heterocycles. The van der Waals surface area contributed by atoms with E-state index in [1.54, 1.807) is 12.1 Å². The van der Waals surface area contributed by atoms with E-state index in [2.05, 4.69) is 10.6 Å². The largest absolute Gasteiger partial charge is 0.480 e. The average molecular weight is 354 g/mol. The van der Waals surface area contributed by atoms with Crippen molar-refractivity contribution in [3.8, 4) is 0 Å². The van der Waals surface area contributed by atoms with Crippen molar-refractivity contribution in [2.24, 2.45) is 0 Å². The van der Waals surface area contributed by atoms with Crippen LogP contribution in [0.15, 0.2) is 48.5 Å². The minimum Gasteiger partial charge on any atom is -0.480 e. The maximum atomic E-state index is 12.7. The normalized spacial score (nSPS) is 10.9. The van der Waals surface area contributed by atoms with Gasteiger partial charge in [-0.05, 0) is 56.2 Å². The Morgan fingerprint density at radius 3 is 2.19 bits per heavy atom. The second kappa shape index (κ2) is 7.82. The summed E-state index contributed by atoms with van der Waals surface area (Å²) < 4.78 is 0. The third-order valence-electron chi connectivity index (χ3n) is 4.19. The average Bonchev–Trinajstić information content (AvgIpc) is 2.60. The highest BCUT2D eigenvalue weighted by Crippen LogP contribution is 2.27. The standard InChI is InChI=1S/C20H22N2O4/c1-13-6-4-5-7-16(13)20(2,3)19(26)22-15-10-8-14(9-11-15)18(25)21-12-17(23)24/h4-11H,12H2,1-3H3,(H,21,25)(H,22,26)(H,23,24). The Labute approximate surface area is 152 Å². The minimum atomic E-state index is -1.11. The van der Waals surface area contributed by atoms with E-state index in [0.29, 0.717) is 11.3 Å². The van der Waals surface area contributed by atoms with Crippen LogP contribution < -0.4 is 10.6 Å². The van der Waals surface area contributed by atoms with Gasteiger partial charge < -0.3 is 15.7 Å². The molecule has 2 aromatic rings. The Balaban J connectivity index is 2.08. The summed E-state index contributed by atoms with van der Waals surface area (Å²) in [5.41, 5.74) is 2.15. The number of hydrogen-bond donors (Lipinski definition) is 3. The molecule has 3 N–H and O–H groups in total. The molecule has 26 heavy (non-hydrogen) atoms. The van der Waals surface area contributed by atoms with E-state index in [1.807, 2.05) is 45.0 Å². The summed E-state index contributed by atoms with van der Waals surface area (Å²) in [7, 11) is 0. The van der Waals surface area contributed by atoms with Crippen LogP contribution in [0.2, 0.25) is 0 Å². The van der Waals surface area contributed by atoms with Gasteiger partial charge in [0.25, 0.3) is 5.91 Å². The lowest BCUT2D eigenvalue weighted by Gasteiger charge is -2.26. The zero-order valence-electron chi connectivity index (χ0n) is 15.0. The van der Waals surface area contributed by atoms with E-state index in [0.717, 1.165) is 11.1 Å². The fraction of sp³-hybridized carbons (Fsp3) is 0.250. The van der Waals surface area contributed by atoms with Gasteiger partial charge in [0.2, 0.25) is 5.91 Å². The van der Waals surface area contributed by atoms with Gasteiger partial charge in [-0.2, -0.15) is 0 Å². The van der Waals surface area contributed by atoms with Gasteiger partial charge in [0.1, 0.15) is 6.54 Å². The first-order valence-electron chi connectivity index (χ1n) is 8.19. The van der Waals surface area contributed by atoms with Crippen LogP contribution in [0.3, 0.4) is 0 Å². The molecular weight excluding hydrogens is 332 g/mol. The first-order chi connectivity index (χ1) is 12.2. The molecule has 6 heteroatoms. The van der Waals surface area contributed by atoms with Crippen LogP contribution in [0.5, 0.6) is 0 Å². The van der Waals surface area contributed by atoms with Gasteiger partial charge in [-0.3, -0.25) is 14.4 Å². The summed E-state index contributed by atoms with van der Waals surface area (Å²) in [6, 6.07) is 14.0. The summed E-state index contributed by atoms with van der Waals surface area (Å²) in [5.74, 6) is -1.75. The van der Waals surface area contributed by atoms with Crippen LogP contribution in [0, 0.1) is 6.92 Å². The van der Waals surface area contributed by atoms with E-state index >= 15 is 0 Å². The Morgan fingerprint density at radius 2 is 1.62 bits per heavy atom. The highest BCUT2D eigenvalue weighted by atomic mass is 16.4. The monoisotopic (exact) mass is 354 g/mol. The van der Waals surface area contributed by atoms with Crippen molar-refractivity contribution < 1.29 is 19.5 Å². The molecule has 0 radical (unpaired) electrons. The summed E-state index contributed by atoms with van der Waals surface area (Å²) >= 11 is 0. The maximum Gasteiger partial charge on any atom is 0.322 e. The number of hydrogen-bond acceptors (Lipinski definition) is 3. The molecule has 2 aromatic carbocycles. The number of aliphatic carboxylic acids is 1. The Morgan fingerprint density at radius 1 is 1.00 bits per heavy atom. The van der Waals surface area contributed by atoms with Crippen molar-refractivity contribution in [3.05, 3.63) is 65.2 Å². The van der Waals surface area contributed by atoms with Crippen molar-refractivity contribution in [3.63, 3.8) is 0 Å². The van der Waals surface area contributed by atoms with Crippen LogP contribution in [-0.2, 0) is 15.0 Å². The third kappa shape index (κ3) is 4.47. The van der Waals surface area contributed by atoms with Gasteiger partial charge in [-0.25, -0.2) is 0 Å². The number of carboxylic acids is 1. The summed E-state index contributed by atoms with van der Waals surface area (Å²) in [4.78, 5) is 35.0. The van der Waals surface area contributed by atoms with E-state index in [4.69, 9.17) is 5.11 Å². The first-order valence-corrected chi connectivity index (χ1v) is 8.19. The van der Waals surface area contributed by atoms with Crippen molar-refractivity contribution >= 4 is 23.5 Å². The molecule has 0 bridgehead atoms. The van der Waals surface area contributed by atoms with Crippen molar-refractivity contribution in [1.82, 2.24) is 5.32 Å². The molecule has 2 rings (SSSR count). The van der Waals surface area contributed by atoms with Gasteiger partial charge in [0.15, 0.2) is 0 Å². The molecule has 0 fully saturated rings. The van der Waals surface area contributed by atoms with Gasteiger partial charge in [0, 0.05) is 11.3 Å². The minimum absolute atomic E-state index is 0.158. The fourth-order valence-electron chi connectivity index (χ4n) is 2.65. The summed E-state index contributed by atoms with van der Waals surface area (Å²) in [6.45, 7) is 5.24. The molecule has 0 aliphatic heterocycles. The number of carbonyl (C=O) groups excluding carboxylic acids is 2. The highest BCUT2D eigenvalue weighted by molar-refractivity contribution is 6.00. The first kappa shape index (κ1) is 19.2. The molecular formula is C20H22N2O4. The van der Waals surface area contributed by atoms with Gasteiger partial charge in [-0.15, -0.1) is 0 Å². The Kier molecular flexibility index (Phi) is 5.77. The smallest absolute Gasteiger partial charge is 0.322 e. The predicted octanol–water partition coefficient (Wildman–Crippen LogP) is 2.73. The molecule has 0 spiro atoms. The Hall–Kier alpha value is -3.15. The number of carboxylic acid groups (broad SMARTS) is 1. The topological polar surface area (TPSA) is 95.5 Å². The molecule has 2 amide bonds. The lowest BCUT2D eigenvalue weighted by atomic mass is 9.81. The van der Waals surface area contributed by atoms with E-state index in [9.17, 15) is 14.4 Å². The molecule has 0 heterocycles. The molecule has 0 aliphatic rings.